The number of hydrogen-bond donors (Lipinski definition) is 1. The van der Waals surface area contributed by atoms with Gasteiger partial charge in [0.05, 0.1) is 17.6 Å². The summed E-state index contributed by atoms with van der Waals surface area (Å²) in [4.78, 5) is 26.7. The van der Waals surface area contributed by atoms with Crippen LogP contribution in [0.25, 0.3) is 17.0 Å². The summed E-state index contributed by atoms with van der Waals surface area (Å²) in [7, 11) is 0. The molecule has 2 heterocycles. The van der Waals surface area contributed by atoms with Gasteiger partial charge in [-0.15, -0.1) is 0 Å². The molecular weight excluding hydrogens is 417 g/mol. The number of aliphatic hydroxyl groups excluding tert-OH is 1. The van der Waals surface area contributed by atoms with Crippen molar-refractivity contribution in [3.63, 3.8) is 0 Å². The van der Waals surface area contributed by atoms with Gasteiger partial charge in [0.25, 0.3) is 0 Å². The Hall–Kier alpha value is -3.41. The van der Waals surface area contributed by atoms with Crippen LogP contribution < -0.4 is 0 Å². The van der Waals surface area contributed by atoms with Crippen molar-refractivity contribution in [2.24, 2.45) is 5.92 Å². The van der Waals surface area contributed by atoms with Crippen molar-refractivity contribution in [1.82, 2.24) is 15.0 Å². The van der Waals surface area contributed by atoms with Gasteiger partial charge in [0, 0.05) is 52.4 Å². The second-order valence-corrected chi connectivity index (χ2v) is 9.12. The Morgan fingerprint density at radius 2 is 2.03 bits per heavy atom. The van der Waals surface area contributed by atoms with Gasteiger partial charge in [0.1, 0.15) is 5.83 Å². The third kappa shape index (κ3) is 3.94. The standard InChI is InChI=1S/C27H26FN3O2/c1-3-4-20(15(2)28)25-21-8-7-17-13-24(33)19(14-32)11-22(17)26(21)31-27(30-25)18-9-10-29-23(12-18)16-5-6-16/h3-4,9-10,12,14,16-17,22,32H,1-2,5-8,11,13H2/b19-14-,20-4+. The van der Waals surface area contributed by atoms with E-state index in [0.717, 1.165) is 48.0 Å². The van der Waals surface area contributed by atoms with Gasteiger partial charge < -0.3 is 5.11 Å². The van der Waals surface area contributed by atoms with Gasteiger partial charge in [0.15, 0.2) is 11.6 Å². The number of rotatable bonds is 5. The number of ketones is 1. The molecule has 2 aromatic rings. The molecule has 0 bridgehead atoms. The zero-order valence-electron chi connectivity index (χ0n) is 18.4. The molecule has 6 heteroatoms. The van der Waals surface area contributed by atoms with Crippen LogP contribution in [0.1, 0.15) is 66.6 Å². The highest BCUT2D eigenvalue weighted by Gasteiger charge is 2.40. The lowest BCUT2D eigenvalue weighted by atomic mass is 9.68. The van der Waals surface area contributed by atoms with Gasteiger partial charge in [-0.05, 0) is 50.2 Å². The number of aliphatic hydroxyl groups is 1. The smallest absolute Gasteiger partial charge is 0.162 e. The van der Waals surface area contributed by atoms with Crippen molar-refractivity contribution >= 4 is 11.4 Å². The fourth-order valence-corrected chi connectivity index (χ4v) is 5.12. The minimum atomic E-state index is -0.577. The van der Waals surface area contributed by atoms with Crippen LogP contribution in [0.2, 0.25) is 0 Å². The molecular formula is C27H26FN3O2. The summed E-state index contributed by atoms with van der Waals surface area (Å²) in [6.45, 7) is 7.25. The molecule has 3 aliphatic rings. The molecule has 2 aromatic heterocycles. The highest BCUT2D eigenvalue weighted by molar-refractivity contribution is 5.96. The first-order valence-electron chi connectivity index (χ1n) is 11.4. The molecule has 0 radical (unpaired) electrons. The van der Waals surface area contributed by atoms with Crippen molar-refractivity contribution < 1.29 is 14.3 Å². The molecule has 2 unspecified atom stereocenters. The molecule has 5 nitrogen and oxygen atoms in total. The van der Waals surface area contributed by atoms with E-state index < -0.39 is 5.83 Å². The molecule has 0 aromatic carbocycles. The maximum Gasteiger partial charge on any atom is 0.162 e. The van der Waals surface area contributed by atoms with E-state index in [0.29, 0.717) is 47.8 Å². The number of halogens is 1. The maximum atomic E-state index is 14.6. The third-order valence-electron chi connectivity index (χ3n) is 6.99. The number of hydrogen-bond acceptors (Lipinski definition) is 5. The maximum absolute atomic E-state index is 14.6. The largest absolute Gasteiger partial charge is 0.515 e. The topological polar surface area (TPSA) is 76.0 Å². The molecule has 168 valence electrons. The van der Waals surface area contributed by atoms with E-state index in [1.807, 2.05) is 12.1 Å². The lowest BCUT2D eigenvalue weighted by Crippen LogP contribution is -2.31. The fourth-order valence-electron chi connectivity index (χ4n) is 5.12. The van der Waals surface area contributed by atoms with E-state index in [-0.39, 0.29) is 17.6 Å². The number of allylic oxidation sites excluding steroid dienone is 5. The summed E-state index contributed by atoms with van der Waals surface area (Å²) in [5, 5.41) is 9.60. The normalized spacial score (nSPS) is 23.7. The van der Waals surface area contributed by atoms with Crippen molar-refractivity contribution in [2.75, 3.05) is 0 Å². The zero-order valence-corrected chi connectivity index (χ0v) is 18.4. The molecule has 2 fully saturated rings. The zero-order chi connectivity index (χ0) is 23.1. The third-order valence-corrected chi connectivity index (χ3v) is 6.99. The van der Waals surface area contributed by atoms with Crippen LogP contribution in [0.3, 0.4) is 0 Å². The number of fused-ring (bicyclic) bond motifs is 3. The molecule has 0 aliphatic heterocycles. The van der Waals surface area contributed by atoms with Crippen molar-refractivity contribution in [3.8, 4) is 11.4 Å². The Morgan fingerprint density at radius 3 is 2.73 bits per heavy atom. The van der Waals surface area contributed by atoms with Gasteiger partial charge in [-0.25, -0.2) is 14.4 Å². The van der Waals surface area contributed by atoms with Crippen molar-refractivity contribution in [3.05, 3.63) is 83.9 Å². The molecule has 5 rings (SSSR count). The summed E-state index contributed by atoms with van der Waals surface area (Å²) in [6.07, 6.45) is 10.3. The van der Waals surface area contributed by atoms with E-state index >= 15 is 0 Å². The number of carbonyl (C=O) groups is 1. The lowest BCUT2D eigenvalue weighted by Gasteiger charge is -2.37. The Kier molecular flexibility index (Phi) is 5.52. The Labute approximate surface area is 192 Å². The van der Waals surface area contributed by atoms with Gasteiger partial charge in [-0.2, -0.15) is 0 Å². The number of pyridine rings is 1. The average Bonchev–Trinajstić information content (AvgIpc) is 3.67. The second kappa shape index (κ2) is 8.50. The van der Waals surface area contributed by atoms with Crippen LogP contribution in [0.4, 0.5) is 4.39 Å². The van der Waals surface area contributed by atoms with E-state index in [4.69, 9.17) is 9.97 Å². The summed E-state index contributed by atoms with van der Waals surface area (Å²) < 4.78 is 14.6. The van der Waals surface area contributed by atoms with E-state index in [9.17, 15) is 14.3 Å². The highest BCUT2D eigenvalue weighted by Crippen LogP contribution is 2.47. The molecule has 0 saturated heterocycles. The minimum absolute atomic E-state index is 0.00992. The Balaban J connectivity index is 1.70. The predicted octanol–water partition coefficient (Wildman–Crippen LogP) is 5.92. The monoisotopic (exact) mass is 443 g/mol. The van der Waals surface area contributed by atoms with Gasteiger partial charge in [-0.3, -0.25) is 9.78 Å². The average molecular weight is 444 g/mol. The van der Waals surface area contributed by atoms with Crippen LogP contribution in [-0.2, 0) is 11.2 Å². The highest BCUT2D eigenvalue weighted by atomic mass is 19.1. The number of aromatic nitrogens is 3. The summed E-state index contributed by atoms with van der Waals surface area (Å²) in [5.74, 6) is 0.514. The number of carbonyl (C=O) groups excluding carboxylic acids is 1. The van der Waals surface area contributed by atoms with Crippen molar-refractivity contribution in [2.45, 2.75) is 50.4 Å². The fraction of sp³-hybridized carbons (Fsp3) is 0.333. The molecule has 3 aliphatic carbocycles. The second-order valence-electron chi connectivity index (χ2n) is 9.12. The van der Waals surface area contributed by atoms with E-state index in [2.05, 4.69) is 18.1 Å². The van der Waals surface area contributed by atoms with Gasteiger partial charge in [-0.1, -0.05) is 25.3 Å². The van der Waals surface area contributed by atoms with Crippen LogP contribution in [0.5, 0.6) is 0 Å². The number of Topliss-reactive ketones (excluding diaryl/α,β-unsaturated/α-hetero) is 1. The van der Waals surface area contributed by atoms with Crippen LogP contribution >= 0.6 is 0 Å². The molecule has 33 heavy (non-hydrogen) atoms. The Bertz CT molecular complexity index is 1230. The number of nitrogens with zero attached hydrogens (tertiary/aromatic N) is 3. The predicted molar refractivity (Wildman–Crippen MR) is 125 cm³/mol. The first kappa shape index (κ1) is 21.4. The molecule has 0 spiro atoms. The summed E-state index contributed by atoms with van der Waals surface area (Å²) in [6, 6.07) is 3.90. The van der Waals surface area contributed by atoms with Crippen LogP contribution in [-0.4, -0.2) is 25.8 Å². The first-order valence-corrected chi connectivity index (χ1v) is 11.4. The minimum Gasteiger partial charge on any atom is -0.515 e. The summed E-state index contributed by atoms with van der Waals surface area (Å²) in [5.41, 5.74) is 4.82. The molecule has 1 N–H and O–H groups in total. The first-order chi connectivity index (χ1) is 16.0. The Morgan fingerprint density at radius 1 is 1.21 bits per heavy atom. The van der Waals surface area contributed by atoms with Crippen LogP contribution in [0.15, 0.2) is 61.3 Å². The molecule has 0 amide bonds. The van der Waals surface area contributed by atoms with E-state index in [1.165, 1.54) is 6.08 Å². The summed E-state index contributed by atoms with van der Waals surface area (Å²) >= 11 is 0. The van der Waals surface area contributed by atoms with Gasteiger partial charge >= 0.3 is 0 Å². The van der Waals surface area contributed by atoms with Gasteiger partial charge in [0.2, 0.25) is 0 Å². The molecule has 2 saturated carbocycles. The molecule has 2 atom stereocenters. The van der Waals surface area contributed by atoms with Crippen LogP contribution in [0, 0.1) is 5.92 Å². The SMILES string of the molecule is C=C/C=C(\C(=C)F)c1nc(-c2ccnc(C3CC3)c2)nc2c1CCC1CC(=O)/C(=C\O)CC21. The van der Waals surface area contributed by atoms with E-state index in [1.54, 1.807) is 12.3 Å². The quantitative estimate of drug-likeness (QED) is 0.353. The van der Waals surface area contributed by atoms with Crippen molar-refractivity contribution in [1.29, 1.82) is 0 Å². The lowest BCUT2D eigenvalue weighted by molar-refractivity contribution is -0.118.